The van der Waals surface area contributed by atoms with Crippen LogP contribution in [0, 0.1) is 5.82 Å². The minimum atomic E-state index is -1.22. The predicted molar refractivity (Wildman–Crippen MR) is 63.2 cm³/mol. The molecule has 2 aromatic heterocycles. The molecule has 7 heteroatoms. The van der Waals surface area contributed by atoms with E-state index in [0.717, 1.165) is 16.5 Å². The normalized spacial score (nSPS) is 10.5. The maximum Gasteiger partial charge on any atom is 0.323 e. The molecule has 0 atom stereocenters. The van der Waals surface area contributed by atoms with Crippen LogP contribution in [0.1, 0.15) is 11.3 Å². The summed E-state index contributed by atoms with van der Waals surface area (Å²) in [7, 11) is 0. The molecule has 18 heavy (non-hydrogen) atoms. The van der Waals surface area contributed by atoms with Crippen LogP contribution >= 0.6 is 11.3 Å². The standard InChI is InChI=1S/C11H9FN2O3S/c12-10-8(3-7-1-2-18-5-7)13-6-14(11(10)17)4-9(15)16/h1-2,5-6H,3-4H2,(H,15,16). The Morgan fingerprint density at radius 1 is 1.56 bits per heavy atom. The summed E-state index contributed by atoms with van der Waals surface area (Å²) in [5, 5.41) is 12.2. The largest absolute Gasteiger partial charge is 0.480 e. The first-order valence-corrected chi connectivity index (χ1v) is 5.99. The number of carbonyl (C=O) groups is 1. The van der Waals surface area contributed by atoms with Gasteiger partial charge in [-0.2, -0.15) is 15.7 Å². The Morgan fingerprint density at radius 3 is 2.94 bits per heavy atom. The van der Waals surface area contributed by atoms with Crippen molar-refractivity contribution in [1.82, 2.24) is 9.55 Å². The molecule has 2 heterocycles. The Bertz CT molecular complexity index is 622. The summed E-state index contributed by atoms with van der Waals surface area (Å²) in [5.74, 6) is -2.21. The molecular formula is C11H9FN2O3S. The molecule has 0 saturated heterocycles. The first-order valence-electron chi connectivity index (χ1n) is 5.04. The summed E-state index contributed by atoms with van der Waals surface area (Å²) in [4.78, 5) is 25.8. The summed E-state index contributed by atoms with van der Waals surface area (Å²) in [5.41, 5.74) is -0.0700. The monoisotopic (exact) mass is 268 g/mol. The second-order valence-electron chi connectivity index (χ2n) is 3.64. The minimum absolute atomic E-state index is 0.0278. The number of hydrogen-bond acceptors (Lipinski definition) is 4. The molecule has 0 radical (unpaired) electrons. The molecule has 0 aliphatic rings. The van der Waals surface area contributed by atoms with Gasteiger partial charge in [0.25, 0.3) is 5.56 Å². The topological polar surface area (TPSA) is 72.2 Å². The van der Waals surface area contributed by atoms with E-state index in [9.17, 15) is 14.0 Å². The van der Waals surface area contributed by atoms with Crippen LogP contribution in [-0.4, -0.2) is 20.6 Å². The molecule has 0 aliphatic heterocycles. The average Bonchev–Trinajstić information content (AvgIpc) is 2.81. The third kappa shape index (κ3) is 2.62. The van der Waals surface area contributed by atoms with Gasteiger partial charge in [0.15, 0.2) is 0 Å². The highest BCUT2D eigenvalue weighted by Gasteiger charge is 2.13. The van der Waals surface area contributed by atoms with Gasteiger partial charge in [-0.3, -0.25) is 14.2 Å². The fourth-order valence-corrected chi connectivity index (χ4v) is 2.13. The molecule has 0 saturated carbocycles. The minimum Gasteiger partial charge on any atom is -0.480 e. The summed E-state index contributed by atoms with van der Waals surface area (Å²) in [6.07, 6.45) is 1.28. The van der Waals surface area contributed by atoms with Gasteiger partial charge in [0.2, 0.25) is 5.82 Å². The number of halogens is 1. The molecule has 0 bridgehead atoms. The van der Waals surface area contributed by atoms with Gasteiger partial charge in [-0.25, -0.2) is 4.98 Å². The van der Waals surface area contributed by atoms with Gasteiger partial charge in [-0.15, -0.1) is 0 Å². The second-order valence-corrected chi connectivity index (χ2v) is 4.42. The molecule has 5 nitrogen and oxygen atoms in total. The van der Waals surface area contributed by atoms with Gasteiger partial charge < -0.3 is 5.11 Å². The number of hydrogen-bond donors (Lipinski definition) is 1. The predicted octanol–water partition coefficient (Wildman–Crippen LogP) is 1.12. The molecule has 0 fully saturated rings. The highest BCUT2D eigenvalue weighted by Crippen LogP contribution is 2.11. The van der Waals surface area contributed by atoms with Crippen molar-refractivity contribution in [1.29, 1.82) is 0 Å². The van der Waals surface area contributed by atoms with E-state index in [1.165, 1.54) is 11.3 Å². The average molecular weight is 268 g/mol. The van der Waals surface area contributed by atoms with Gasteiger partial charge >= 0.3 is 5.97 Å². The SMILES string of the molecule is O=C(O)Cn1cnc(Cc2ccsc2)c(F)c1=O. The van der Waals surface area contributed by atoms with Crippen molar-refractivity contribution in [3.8, 4) is 0 Å². The van der Waals surface area contributed by atoms with E-state index in [0.29, 0.717) is 0 Å². The maximum atomic E-state index is 13.7. The van der Waals surface area contributed by atoms with E-state index < -0.39 is 23.9 Å². The van der Waals surface area contributed by atoms with Gasteiger partial charge in [0.1, 0.15) is 6.54 Å². The number of aliphatic carboxylic acids is 1. The fourth-order valence-electron chi connectivity index (χ4n) is 1.47. The molecule has 94 valence electrons. The van der Waals surface area contributed by atoms with E-state index in [4.69, 9.17) is 5.11 Å². The van der Waals surface area contributed by atoms with E-state index in [1.54, 1.807) is 0 Å². The smallest absolute Gasteiger partial charge is 0.323 e. The molecule has 0 amide bonds. The summed E-state index contributed by atoms with van der Waals surface area (Å²) in [6.45, 7) is -0.596. The van der Waals surface area contributed by atoms with Gasteiger partial charge in [0.05, 0.1) is 12.0 Å². The van der Waals surface area contributed by atoms with Crippen molar-refractivity contribution in [3.63, 3.8) is 0 Å². The third-order valence-corrected chi connectivity index (χ3v) is 3.04. The lowest BCUT2D eigenvalue weighted by molar-refractivity contribution is -0.137. The zero-order valence-corrected chi connectivity index (χ0v) is 9.98. The molecule has 2 aromatic rings. The molecule has 0 unspecified atom stereocenters. The van der Waals surface area contributed by atoms with Crippen molar-refractivity contribution < 1.29 is 14.3 Å². The Morgan fingerprint density at radius 2 is 2.33 bits per heavy atom. The van der Waals surface area contributed by atoms with Crippen molar-refractivity contribution in [2.45, 2.75) is 13.0 Å². The van der Waals surface area contributed by atoms with E-state index in [-0.39, 0.29) is 12.1 Å². The zero-order chi connectivity index (χ0) is 13.1. The van der Waals surface area contributed by atoms with Crippen LogP contribution in [0.25, 0.3) is 0 Å². The van der Waals surface area contributed by atoms with E-state index in [2.05, 4.69) is 4.98 Å². The lowest BCUT2D eigenvalue weighted by Crippen LogP contribution is -2.28. The lowest BCUT2D eigenvalue weighted by atomic mass is 10.2. The first kappa shape index (κ1) is 12.4. The summed E-state index contributed by atoms with van der Waals surface area (Å²) < 4.78 is 14.5. The van der Waals surface area contributed by atoms with Crippen LogP contribution in [0.15, 0.2) is 27.9 Å². The number of nitrogens with zero attached hydrogens (tertiary/aromatic N) is 2. The Hall–Kier alpha value is -2.02. The number of carboxylic acids is 1. The highest BCUT2D eigenvalue weighted by molar-refractivity contribution is 7.07. The number of rotatable bonds is 4. The van der Waals surface area contributed by atoms with Crippen LogP contribution in [0.3, 0.4) is 0 Å². The van der Waals surface area contributed by atoms with Gasteiger partial charge in [-0.05, 0) is 22.4 Å². The van der Waals surface area contributed by atoms with Crippen LogP contribution in [0.2, 0.25) is 0 Å². The van der Waals surface area contributed by atoms with Crippen LogP contribution < -0.4 is 5.56 Å². The van der Waals surface area contributed by atoms with E-state index >= 15 is 0 Å². The van der Waals surface area contributed by atoms with Gasteiger partial charge in [-0.1, -0.05) is 0 Å². The molecule has 0 spiro atoms. The van der Waals surface area contributed by atoms with Crippen LogP contribution in [0.5, 0.6) is 0 Å². The molecular weight excluding hydrogens is 259 g/mol. The lowest BCUT2D eigenvalue weighted by Gasteiger charge is -2.04. The quantitative estimate of drug-likeness (QED) is 0.902. The van der Waals surface area contributed by atoms with E-state index in [1.807, 2.05) is 16.8 Å². The number of thiophene rings is 1. The first-order chi connectivity index (χ1) is 8.58. The molecule has 0 aliphatic carbocycles. The Kier molecular flexibility index (Phi) is 3.52. The Labute approximate surface area is 105 Å². The zero-order valence-electron chi connectivity index (χ0n) is 9.17. The highest BCUT2D eigenvalue weighted by atomic mass is 32.1. The third-order valence-electron chi connectivity index (χ3n) is 2.31. The number of carboxylic acid groups (broad SMARTS) is 1. The van der Waals surface area contributed by atoms with Gasteiger partial charge in [0, 0.05) is 6.42 Å². The van der Waals surface area contributed by atoms with Crippen molar-refractivity contribution >= 4 is 17.3 Å². The van der Waals surface area contributed by atoms with Crippen molar-refractivity contribution in [3.05, 3.63) is 50.6 Å². The van der Waals surface area contributed by atoms with Crippen LogP contribution in [0.4, 0.5) is 4.39 Å². The number of aromatic nitrogens is 2. The summed E-state index contributed by atoms with van der Waals surface area (Å²) >= 11 is 1.47. The summed E-state index contributed by atoms with van der Waals surface area (Å²) in [6, 6.07) is 1.81. The molecule has 0 aromatic carbocycles. The second kappa shape index (κ2) is 5.09. The Balaban J connectivity index is 2.32. The van der Waals surface area contributed by atoms with Crippen molar-refractivity contribution in [2.75, 3.05) is 0 Å². The maximum absolute atomic E-state index is 13.7. The molecule has 2 rings (SSSR count). The fraction of sp³-hybridized carbons (Fsp3) is 0.182. The van der Waals surface area contributed by atoms with Crippen LogP contribution in [-0.2, 0) is 17.8 Å². The molecule has 1 N–H and O–H groups in total. The van der Waals surface area contributed by atoms with Crippen molar-refractivity contribution in [2.24, 2.45) is 0 Å².